The lowest BCUT2D eigenvalue weighted by molar-refractivity contribution is -0.120. The van der Waals surface area contributed by atoms with Gasteiger partial charge in [0.1, 0.15) is 6.54 Å². The fraction of sp³-hybridized carbons (Fsp3) is 0.176. The highest BCUT2D eigenvalue weighted by Crippen LogP contribution is 2.26. The van der Waals surface area contributed by atoms with Gasteiger partial charge in [-0.15, -0.1) is 0 Å². The number of para-hydroxylation sites is 1. The second-order valence-electron chi connectivity index (χ2n) is 5.02. The maximum atomic E-state index is 12.3. The quantitative estimate of drug-likeness (QED) is 0.834. The van der Waals surface area contributed by atoms with Gasteiger partial charge in [-0.1, -0.05) is 29.8 Å². The Bertz CT molecular complexity index is 749. The van der Waals surface area contributed by atoms with Gasteiger partial charge in [0.05, 0.1) is 5.69 Å². The SMILES string of the molecule is CC(=O)N(CC(=O)Nc1cccc(Cl)c1C)c1ccccc1Br. The third-order valence-electron chi connectivity index (χ3n) is 3.37. The molecule has 0 fully saturated rings. The van der Waals surface area contributed by atoms with Crippen LogP contribution in [0.4, 0.5) is 11.4 Å². The van der Waals surface area contributed by atoms with Crippen molar-refractivity contribution in [1.82, 2.24) is 0 Å². The Morgan fingerprint density at radius 2 is 1.87 bits per heavy atom. The maximum Gasteiger partial charge on any atom is 0.244 e. The minimum absolute atomic E-state index is 0.0795. The first-order chi connectivity index (χ1) is 10.9. The number of amides is 2. The molecule has 0 spiro atoms. The Morgan fingerprint density at radius 1 is 1.17 bits per heavy atom. The first-order valence-corrected chi connectivity index (χ1v) is 8.15. The fourth-order valence-corrected chi connectivity index (χ4v) is 2.79. The van der Waals surface area contributed by atoms with Gasteiger partial charge in [-0.3, -0.25) is 9.59 Å². The van der Waals surface area contributed by atoms with Crippen molar-refractivity contribution >= 4 is 50.7 Å². The Hall–Kier alpha value is -1.85. The van der Waals surface area contributed by atoms with Crippen molar-refractivity contribution in [3.05, 3.63) is 57.5 Å². The molecule has 0 aliphatic rings. The van der Waals surface area contributed by atoms with Crippen LogP contribution in [0.15, 0.2) is 46.9 Å². The van der Waals surface area contributed by atoms with Gasteiger partial charge in [0, 0.05) is 22.1 Å². The van der Waals surface area contributed by atoms with Gasteiger partial charge in [-0.25, -0.2) is 0 Å². The van der Waals surface area contributed by atoms with Gasteiger partial charge in [-0.05, 0) is 52.7 Å². The molecule has 0 aromatic heterocycles. The van der Waals surface area contributed by atoms with Gasteiger partial charge >= 0.3 is 0 Å². The number of halogens is 2. The average molecular weight is 396 g/mol. The van der Waals surface area contributed by atoms with Crippen LogP contribution in [-0.4, -0.2) is 18.4 Å². The predicted octanol–water partition coefficient (Wildman–Crippen LogP) is 4.40. The lowest BCUT2D eigenvalue weighted by Crippen LogP contribution is -2.37. The average Bonchev–Trinajstić information content (AvgIpc) is 2.50. The highest BCUT2D eigenvalue weighted by Gasteiger charge is 2.18. The van der Waals surface area contributed by atoms with E-state index in [-0.39, 0.29) is 18.4 Å². The molecule has 0 heterocycles. The summed E-state index contributed by atoms with van der Waals surface area (Å²) in [5.74, 6) is -0.504. The van der Waals surface area contributed by atoms with Gasteiger partial charge in [-0.2, -0.15) is 0 Å². The highest BCUT2D eigenvalue weighted by molar-refractivity contribution is 9.10. The molecule has 1 N–H and O–H groups in total. The molecule has 0 saturated carbocycles. The van der Waals surface area contributed by atoms with Crippen LogP contribution < -0.4 is 10.2 Å². The molecule has 0 aliphatic heterocycles. The van der Waals surface area contributed by atoms with Crippen molar-refractivity contribution in [3.63, 3.8) is 0 Å². The monoisotopic (exact) mass is 394 g/mol. The lowest BCUT2D eigenvalue weighted by Gasteiger charge is -2.22. The molecule has 0 radical (unpaired) electrons. The summed E-state index contributed by atoms with van der Waals surface area (Å²) in [6.45, 7) is 3.18. The van der Waals surface area contributed by atoms with Gasteiger partial charge in [0.15, 0.2) is 0 Å². The molecule has 2 aromatic rings. The summed E-state index contributed by atoms with van der Waals surface area (Å²) >= 11 is 9.45. The number of benzene rings is 2. The van der Waals surface area contributed by atoms with Crippen LogP contribution in [0.2, 0.25) is 5.02 Å². The second-order valence-corrected chi connectivity index (χ2v) is 6.28. The van der Waals surface area contributed by atoms with Crippen LogP contribution in [0.25, 0.3) is 0 Å². The molecule has 4 nitrogen and oxygen atoms in total. The lowest BCUT2D eigenvalue weighted by atomic mass is 10.2. The third-order valence-corrected chi connectivity index (χ3v) is 4.45. The zero-order valence-corrected chi connectivity index (χ0v) is 15.1. The number of rotatable bonds is 4. The summed E-state index contributed by atoms with van der Waals surface area (Å²) in [5.41, 5.74) is 2.08. The summed E-state index contributed by atoms with van der Waals surface area (Å²) in [7, 11) is 0. The first-order valence-electron chi connectivity index (χ1n) is 6.97. The number of nitrogens with zero attached hydrogens (tertiary/aromatic N) is 1. The van der Waals surface area contributed by atoms with Crippen LogP contribution in [0.1, 0.15) is 12.5 Å². The minimum atomic E-state index is -0.290. The van der Waals surface area contributed by atoms with E-state index in [0.29, 0.717) is 16.4 Å². The van der Waals surface area contributed by atoms with E-state index < -0.39 is 0 Å². The molecule has 120 valence electrons. The molecule has 6 heteroatoms. The standard InChI is InChI=1S/C17H16BrClN2O2/c1-11-14(19)7-5-8-15(11)20-17(23)10-21(12(2)22)16-9-4-3-6-13(16)18/h3-9H,10H2,1-2H3,(H,20,23). The van der Waals surface area contributed by atoms with Crippen molar-refractivity contribution in [2.75, 3.05) is 16.8 Å². The van der Waals surface area contributed by atoms with Crippen LogP contribution in [-0.2, 0) is 9.59 Å². The summed E-state index contributed by atoms with van der Waals surface area (Å²) in [5, 5.41) is 3.37. The first kappa shape index (κ1) is 17.5. The molecular weight excluding hydrogens is 380 g/mol. The van der Waals surface area contributed by atoms with Gasteiger partial charge < -0.3 is 10.2 Å². The van der Waals surface area contributed by atoms with E-state index in [1.165, 1.54) is 11.8 Å². The van der Waals surface area contributed by atoms with E-state index in [1.54, 1.807) is 24.3 Å². The molecule has 0 unspecified atom stereocenters. The largest absolute Gasteiger partial charge is 0.324 e. The van der Waals surface area contributed by atoms with Crippen LogP contribution in [0.3, 0.4) is 0 Å². The van der Waals surface area contributed by atoms with E-state index in [4.69, 9.17) is 11.6 Å². The number of anilines is 2. The molecular formula is C17H16BrClN2O2. The molecule has 2 amide bonds. The molecule has 23 heavy (non-hydrogen) atoms. The minimum Gasteiger partial charge on any atom is -0.324 e. The Kier molecular flexibility index (Phi) is 5.80. The third kappa shape index (κ3) is 4.33. The predicted molar refractivity (Wildman–Crippen MR) is 97.0 cm³/mol. The van der Waals surface area contributed by atoms with Crippen molar-refractivity contribution in [3.8, 4) is 0 Å². The Labute approximate surface area is 148 Å². The summed E-state index contributed by atoms with van der Waals surface area (Å²) in [6.07, 6.45) is 0. The van der Waals surface area contributed by atoms with Gasteiger partial charge in [0.25, 0.3) is 0 Å². The zero-order valence-electron chi connectivity index (χ0n) is 12.8. The molecule has 0 aliphatic carbocycles. The van der Waals surface area contributed by atoms with E-state index in [2.05, 4.69) is 21.2 Å². The number of nitrogens with one attached hydrogen (secondary N) is 1. The van der Waals surface area contributed by atoms with E-state index in [9.17, 15) is 9.59 Å². The maximum absolute atomic E-state index is 12.3. The van der Waals surface area contributed by atoms with Crippen LogP contribution in [0.5, 0.6) is 0 Å². The van der Waals surface area contributed by atoms with Crippen molar-refractivity contribution in [2.45, 2.75) is 13.8 Å². The van der Waals surface area contributed by atoms with Gasteiger partial charge in [0.2, 0.25) is 11.8 Å². The second kappa shape index (κ2) is 7.62. The summed E-state index contributed by atoms with van der Waals surface area (Å²) < 4.78 is 0.752. The van der Waals surface area contributed by atoms with Crippen LogP contribution in [0, 0.1) is 6.92 Å². The van der Waals surface area contributed by atoms with Crippen molar-refractivity contribution in [2.24, 2.45) is 0 Å². The zero-order chi connectivity index (χ0) is 17.0. The molecule has 2 rings (SSSR count). The summed E-state index contributed by atoms with van der Waals surface area (Å²) in [4.78, 5) is 25.6. The molecule has 2 aromatic carbocycles. The topological polar surface area (TPSA) is 49.4 Å². The van der Waals surface area contributed by atoms with Crippen LogP contribution >= 0.6 is 27.5 Å². The Morgan fingerprint density at radius 3 is 2.52 bits per heavy atom. The Balaban J connectivity index is 2.18. The van der Waals surface area contributed by atoms with E-state index in [1.807, 2.05) is 25.1 Å². The smallest absolute Gasteiger partial charge is 0.244 e. The molecule has 0 bridgehead atoms. The van der Waals surface area contributed by atoms with E-state index in [0.717, 1.165) is 10.0 Å². The van der Waals surface area contributed by atoms with Crippen molar-refractivity contribution in [1.29, 1.82) is 0 Å². The van der Waals surface area contributed by atoms with E-state index >= 15 is 0 Å². The highest BCUT2D eigenvalue weighted by atomic mass is 79.9. The molecule has 0 atom stereocenters. The summed E-state index contributed by atoms with van der Waals surface area (Å²) in [6, 6.07) is 12.6. The number of hydrogen-bond donors (Lipinski definition) is 1. The molecule has 0 saturated heterocycles. The number of hydrogen-bond acceptors (Lipinski definition) is 2. The fourth-order valence-electron chi connectivity index (χ4n) is 2.11. The number of carbonyl (C=O) groups is 2. The number of carbonyl (C=O) groups excluding carboxylic acids is 2. The van der Waals surface area contributed by atoms with Crippen molar-refractivity contribution < 1.29 is 9.59 Å². The normalized spacial score (nSPS) is 10.3.